The fraction of sp³-hybridized carbons (Fsp3) is 1.00. The maximum atomic E-state index is 9.94. The summed E-state index contributed by atoms with van der Waals surface area (Å²) >= 11 is 0. The number of rotatable bonds is 3. The van der Waals surface area contributed by atoms with Crippen LogP contribution < -0.4 is 0 Å². The molecule has 0 bridgehead atoms. The Morgan fingerprint density at radius 2 is 2.23 bits per heavy atom. The highest BCUT2D eigenvalue weighted by Crippen LogP contribution is 2.19. The van der Waals surface area contributed by atoms with Crippen molar-refractivity contribution in [2.24, 2.45) is 5.92 Å². The zero-order valence-corrected chi connectivity index (χ0v) is 8.53. The fourth-order valence-electron chi connectivity index (χ4n) is 1.18. The van der Waals surface area contributed by atoms with Gasteiger partial charge in [0, 0.05) is 0 Å². The Balaban J connectivity index is 2.40. The summed E-state index contributed by atoms with van der Waals surface area (Å²) in [6.45, 7) is 6.99. The summed E-state index contributed by atoms with van der Waals surface area (Å²) in [6.07, 6.45) is -0.414. The maximum Gasteiger partial charge on any atom is 0.0958 e. The summed E-state index contributed by atoms with van der Waals surface area (Å²) in [6, 6.07) is 0. The van der Waals surface area contributed by atoms with Gasteiger partial charge < -0.3 is 10.2 Å². The Hall–Kier alpha value is -0.160. The molecule has 1 aliphatic rings. The Kier molecular flexibility index (Phi) is 3.29. The van der Waals surface area contributed by atoms with Crippen molar-refractivity contribution in [1.82, 2.24) is 5.06 Å². The summed E-state index contributed by atoms with van der Waals surface area (Å²) in [5.41, 5.74) is -0.760. The molecule has 2 atom stereocenters. The van der Waals surface area contributed by atoms with E-state index in [2.05, 4.69) is 0 Å². The van der Waals surface area contributed by atoms with Gasteiger partial charge in [0.2, 0.25) is 0 Å². The van der Waals surface area contributed by atoms with E-state index in [1.807, 2.05) is 13.8 Å². The summed E-state index contributed by atoms with van der Waals surface area (Å²) in [5.74, 6) is 0.175. The molecule has 0 radical (unpaired) electrons. The molecule has 1 saturated heterocycles. The molecule has 1 fully saturated rings. The zero-order valence-electron chi connectivity index (χ0n) is 8.53. The molecule has 0 aromatic heterocycles. The normalized spacial score (nSPS) is 29.5. The van der Waals surface area contributed by atoms with Gasteiger partial charge in [-0.25, -0.2) is 0 Å². The van der Waals surface area contributed by atoms with E-state index in [4.69, 9.17) is 4.84 Å². The van der Waals surface area contributed by atoms with E-state index in [0.29, 0.717) is 19.7 Å². The minimum absolute atomic E-state index is 0.175. The lowest BCUT2D eigenvalue weighted by Gasteiger charge is -2.31. The zero-order chi connectivity index (χ0) is 10.1. The predicted octanol–water partition coefficient (Wildman–Crippen LogP) is 0.00150. The first-order valence-corrected chi connectivity index (χ1v) is 4.70. The second-order valence-corrected chi connectivity index (χ2v) is 4.28. The van der Waals surface area contributed by atoms with E-state index in [0.717, 1.165) is 0 Å². The molecule has 78 valence electrons. The van der Waals surface area contributed by atoms with Gasteiger partial charge in [-0.05, 0) is 12.8 Å². The Labute approximate surface area is 79.1 Å². The monoisotopic (exact) mass is 189 g/mol. The van der Waals surface area contributed by atoms with Crippen LogP contribution in [0.5, 0.6) is 0 Å². The van der Waals surface area contributed by atoms with Crippen molar-refractivity contribution in [3.05, 3.63) is 0 Å². The highest BCUT2D eigenvalue weighted by molar-refractivity contribution is 4.80. The quantitative estimate of drug-likeness (QED) is 0.656. The van der Waals surface area contributed by atoms with Crippen molar-refractivity contribution < 1.29 is 15.1 Å². The van der Waals surface area contributed by atoms with Gasteiger partial charge in [-0.15, -0.1) is 0 Å². The fourth-order valence-corrected chi connectivity index (χ4v) is 1.18. The smallest absolute Gasteiger partial charge is 0.0958 e. The predicted molar refractivity (Wildman–Crippen MR) is 49.0 cm³/mol. The largest absolute Gasteiger partial charge is 0.389 e. The van der Waals surface area contributed by atoms with Gasteiger partial charge in [0.15, 0.2) is 0 Å². The number of aliphatic hydroxyl groups excluding tert-OH is 1. The van der Waals surface area contributed by atoms with E-state index in [9.17, 15) is 10.2 Å². The molecular weight excluding hydrogens is 170 g/mol. The third kappa shape index (κ3) is 2.91. The molecule has 0 aliphatic carbocycles. The van der Waals surface area contributed by atoms with E-state index in [1.165, 1.54) is 0 Å². The van der Waals surface area contributed by atoms with Crippen LogP contribution in [0.2, 0.25) is 0 Å². The van der Waals surface area contributed by atoms with Crippen molar-refractivity contribution >= 4 is 0 Å². The Morgan fingerprint density at radius 3 is 2.62 bits per heavy atom. The van der Waals surface area contributed by atoms with Gasteiger partial charge >= 0.3 is 0 Å². The first-order chi connectivity index (χ1) is 5.92. The molecule has 13 heavy (non-hydrogen) atoms. The molecule has 0 amide bonds. The van der Waals surface area contributed by atoms with E-state index >= 15 is 0 Å². The molecule has 0 aromatic rings. The van der Waals surface area contributed by atoms with Gasteiger partial charge in [-0.3, -0.25) is 4.84 Å². The van der Waals surface area contributed by atoms with Crippen molar-refractivity contribution in [2.75, 3.05) is 19.7 Å². The molecule has 1 rings (SSSR count). The molecular formula is C9H19NO3. The van der Waals surface area contributed by atoms with Crippen LogP contribution in [0.4, 0.5) is 0 Å². The number of β-amino-alcohol motifs (C(OH)–C–C–N with tert-alkyl or cyclic N) is 2. The average molecular weight is 189 g/mol. The van der Waals surface area contributed by atoms with Crippen molar-refractivity contribution in [3.63, 3.8) is 0 Å². The highest BCUT2D eigenvalue weighted by atomic mass is 16.7. The average Bonchev–Trinajstić information content (AvgIpc) is 2.34. The molecule has 0 spiro atoms. The first-order valence-electron chi connectivity index (χ1n) is 4.70. The summed E-state index contributed by atoms with van der Waals surface area (Å²) < 4.78 is 0. The molecule has 0 saturated carbocycles. The second-order valence-electron chi connectivity index (χ2n) is 4.28. The molecule has 0 aromatic carbocycles. The van der Waals surface area contributed by atoms with Gasteiger partial charge in [0.1, 0.15) is 0 Å². The third-order valence-electron chi connectivity index (χ3n) is 2.60. The Morgan fingerprint density at radius 1 is 1.62 bits per heavy atom. The van der Waals surface area contributed by atoms with Crippen LogP contribution in [0.25, 0.3) is 0 Å². The van der Waals surface area contributed by atoms with Gasteiger partial charge in [0.25, 0.3) is 0 Å². The number of hydrogen-bond donors (Lipinski definition) is 2. The van der Waals surface area contributed by atoms with Crippen LogP contribution in [0, 0.1) is 5.92 Å². The van der Waals surface area contributed by atoms with Gasteiger partial charge in [0.05, 0.1) is 31.4 Å². The topological polar surface area (TPSA) is 52.9 Å². The highest BCUT2D eigenvalue weighted by Gasteiger charge is 2.31. The maximum absolute atomic E-state index is 9.94. The molecule has 1 heterocycles. The minimum Gasteiger partial charge on any atom is -0.389 e. The van der Waals surface area contributed by atoms with E-state index in [-0.39, 0.29) is 5.92 Å². The lowest BCUT2D eigenvalue weighted by atomic mass is 9.92. The number of nitrogens with zero attached hydrogens (tertiary/aromatic N) is 1. The van der Waals surface area contributed by atoms with Crippen molar-refractivity contribution in [1.29, 1.82) is 0 Å². The SMILES string of the molecule is CC(C)C(C)(O)CN1C[C@@H](O)CO1. The van der Waals surface area contributed by atoms with E-state index in [1.54, 1.807) is 12.0 Å². The first kappa shape index (κ1) is 10.9. The van der Waals surface area contributed by atoms with Crippen LogP contribution >= 0.6 is 0 Å². The van der Waals surface area contributed by atoms with Crippen molar-refractivity contribution in [3.8, 4) is 0 Å². The van der Waals surface area contributed by atoms with Crippen molar-refractivity contribution in [2.45, 2.75) is 32.5 Å². The van der Waals surface area contributed by atoms with Crippen LogP contribution in [0.1, 0.15) is 20.8 Å². The molecule has 1 unspecified atom stereocenters. The lowest BCUT2D eigenvalue weighted by molar-refractivity contribution is -0.156. The summed E-state index contributed by atoms with van der Waals surface area (Å²) in [4.78, 5) is 5.17. The number of aliphatic hydroxyl groups is 2. The van der Waals surface area contributed by atoms with Gasteiger partial charge in [-0.1, -0.05) is 13.8 Å². The van der Waals surface area contributed by atoms with Crippen LogP contribution in [-0.4, -0.2) is 46.7 Å². The van der Waals surface area contributed by atoms with Crippen LogP contribution in [-0.2, 0) is 4.84 Å². The molecule has 4 nitrogen and oxygen atoms in total. The number of hydroxylamine groups is 2. The van der Waals surface area contributed by atoms with Gasteiger partial charge in [-0.2, -0.15) is 5.06 Å². The molecule has 2 N–H and O–H groups in total. The molecule has 4 heteroatoms. The lowest BCUT2D eigenvalue weighted by Crippen LogP contribution is -2.43. The minimum atomic E-state index is -0.760. The van der Waals surface area contributed by atoms with Crippen LogP contribution in [0.15, 0.2) is 0 Å². The summed E-state index contributed by atoms with van der Waals surface area (Å²) in [7, 11) is 0. The summed E-state index contributed by atoms with van der Waals surface area (Å²) in [5, 5.41) is 20.8. The van der Waals surface area contributed by atoms with E-state index < -0.39 is 11.7 Å². The number of hydrogen-bond acceptors (Lipinski definition) is 4. The Bertz CT molecular complexity index is 170. The van der Waals surface area contributed by atoms with Crippen LogP contribution in [0.3, 0.4) is 0 Å². The third-order valence-corrected chi connectivity index (χ3v) is 2.60. The second kappa shape index (κ2) is 3.92. The molecule has 1 aliphatic heterocycles. The standard InChI is InChI=1S/C9H19NO3/c1-7(2)9(3,12)6-10-4-8(11)5-13-10/h7-8,11-12H,4-6H2,1-3H3/t8-,9?/m1/s1.